The Bertz CT molecular complexity index is 687. The van der Waals surface area contributed by atoms with E-state index < -0.39 is 6.10 Å². The molecule has 0 saturated heterocycles. The average Bonchev–Trinajstić information content (AvgIpc) is 2.49. The number of benzene rings is 2. The minimum absolute atomic E-state index is 0.173. The second-order valence-corrected chi connectivity index (χ2v) is 5.24. The SMILES string of the molecule is Cc1ccc(NC(=O)[C@@H]2COc3ccccc3O2)c(Cl)c1. The Hall–Kier alpha value is -2.20. The fourth-order valence-corrected chi connectivity index (χ4v) is 2.37. The number of carbonyl (C=O) groups is 1. The first-order valence-electron chi connectivity index (χ1n) is 6.59. The predicted octanol–water partition coefficient (Wildman–Crippen LogP) is 3.43. The molecule has 0 aliphatic carbocycles. The van der Waals surface area contributed by atoms with Gasteiger partial charge in [-0.1, -0.05) is 29.8 Å². The van der Waals surface area contributed by atoms with Crippen LogP contribution in [-0.4, -0.2) is 18.6 Å². The number of carbonyl (C=O) groups excluding carboxylic acids is 1. The van der Waals surface area contributed by atoms with Crippen LogP contribution in [0.5, 0.6) is 11.5 Å². The summed E-state index contributed by atoms with van der Waals surface area (Å²) in [6.45, 7) is 2.11. The summed E-state index contributed by atoms with van der Waals surface area (Å²) in [5.74, 6) is 0.934. The number of amides is 1. The Kier molecular flexibility index (Phi) is 3.71. The summed E-state index contributed by atoms with van der Waals surface area (Å²) >= 11 is 6.11. The first kappa shape index (κ1) is 13.8. The largest absolute Gasteiger partial charge is 0.485 e. The van der Waals surface area contributed by atoms with E-state index in [9.17, 15) is 4.79 Å². The number of rotatable bonds is 2. The molecule has 2 aromatic carbocycles. The zero-order valence-corrected chi connectivity index (χ0v) is 12.2. The summed E-state index contributed by atoms with van der Waals surface area (Å²) in [5.41, 5.74) is 1.60. The lowest BCUT2D eigenvalue weighted by atomic mass is 10.2. The highest BCUT2D eigenvalue weighted by atomic mass is 35.5. The van der Waals surface area contributed by atoms with Gasteiger partial charge in [0.1, 0.15) is 6.61 Å². The van der Waals surface area contributed by atoms with Gasteiger partial charge in [0, 0.05) is 0 Å². The molecule has 0 spiro atoms. The molecule has 1 aliphatic rings. The molecular weight excluding hydrogens is 290 g/mol. The first-order valence-corrected chi connectivity index (χ1v) is 6.97. The third-order valence-corrected chi connectivity index (χ3v) is 3.50. The molecule has 5 heteroatoms. The van der Waals surface area contributed by atoms with Crippen LogP contribution in [0.1, 0.15) is 5.56 Å². The number of aryl methyl sites for hydroxylation is 1. The van der Waals surface area contributed by atoms with Crippen LogP contribution in [0.15, 0.2) is 42.5 Å². The molecule has 2 aromatic rings. The number of halogens is 1. The van der Waals surface area contributed by atoms with Crippen LogP contribution >= 0.6 is 11.6 Å². The predicted molar refractivity (Wildman–Crippen MR) is 81.2 cm³/mol. The molecule has 0 fully saturated rings. The number of anilines is 1. The van der Waals surface area contributed by atoms with E-state index in [1.807, 2.05) is 25.1 Å². The monoisotopic (exact) mass is 303 g/mol. The maximum absolute atomic E-state index is 12.2. The normalized spacial score (nSPS) is 16.4. The molecule has 4 nitrogen and oxygen atoms in total. The van der Waals surface area contributed by atoms with Crippen LogP contribution in [0.4, 0.5) is 5.69 Å². The van der Waals surface area contributed by atoms with E-state index in [-0.39, 0.29) is 12.5 Å². The average molecular weight is 304 g/mol. The molecule has 1 N–H and O–H groups in total. The number of nitrogens with one attached hydrogen (secondary N) is 1. The third-order valence-electron chi connectivity index (χ3n) is 3.18. The highest BCUT2D eigenvalue weighted by Crippen LogP contribution is 2.31. The van der Waals surface area contributed by atoms with Gasteiger partial charge in [-0.15, -0.1) is 0 Å². The van der Waals surface area contributed by atoms with Crippen LogP contribution in [0.25, 0.3) is 0 Å². The van der Waals surface area contributed by atoms with Crippen molar-refractivity contribution in [1.82, 2.24) is 0 Å². The van der Waals surface area contributed by atoms with Gasteiger partial charge in [-0.3, -0.25) is 4.79 Å². The Labute approximate surface area is 127 Å². The maximum Gasteiger partial charge on any atom is 0.269 e. The number of fused-ring (bicyclic) bond motifs is 1. The van der Waals surface area contributed by atoms with Crippen LogP contribution in [-0.2, 0) is 4.79 Å². The molecule has 1 aliphatic heterocycles. The van der Waals surface area contributed by atoms with Crippen molar-refractivity contribution in [2.75, 3.05) is 11.9 Å². The van der Waals surface area contributed by atoms with Crippen molar-refractivity contribution >= 4 is 23.2 Å². The minimum Gasteiger partial charge on any atom is -0.485 e. The van der Waals surface area contributed by atoms with Crippen molar-refractivity contribution in [2.24, 2.45) is 0 Å². The van der Waals surface area contributed by atoms with Crippen molar-refractivity contribution in [3.8, 4) is 11.5 Å². The highest BCUT2D eigenvalue weighted by molar-refractivity contribution is 6.33. The molecule has 1 atom stereocenters. The maximum atomic E-state index is 12.2. The fraction of sp³-hybridized carbons (Fsp3) is 0.188. The lowest BCUT2D eigenvalue weighted by Gasteiger charge is -2.25. The lowest BCUT2D eigenvalue weighted by Crippen LogP contribution is -2.40. The van der Waals surface area contributed by atoms with E-state index in [2.05, 4.69) is 5.32 Å². The smallest absolute Gasteiger partial charge is 0.269 e. The van der Waals surface area contributed by atoms with Crippen molar-refractivity contribution in [3.05, 3.63) is 53.1 Å². The number of hydrogen-bond donors (Lipinski definition) is 1. The molecule has 3 rings (SSSR count). The Balaban J connectivity index is 1.72. The van der Waals surface area contributed by atoms with Gasteiger partial charge in [-0.2, -0.15) is 0 Å². The third kappa shape index (κ3) is 2.95. The van der Waals surface area contributed by atoms with Gasteiger partial charge in [-0.05, 0) is 36.8 Å². The van der Waals surface area contributed by atoms with Crippen LogP contribution in [0, 0.1) is 6.92 Å². The van der Waals surface area contributed by atoms with Crippen LogP contribution < -0.4 is 14.8 Å². The number of para-hydroxylation sites is 2. The zero-order valence-electron chi connectivity index (χ0n) is 11.4. The molecule has 0 aromatic heterocycles. The van der Waals surface area contributed by atoms with Gasteiger partial charge in [0.05, 0.1) is 10.7 Å². The second-order valence-electron chi connectivity index (χ2n) is 4.84. The summed E-state index contributed by atoms with van der Waals surface area (Å²) in [6, 6.07) is 12.7. The standard InChI is InChI=1S/C16H14ClNO3/c1-10-6-7-12(11(17)8-10)18-16(19)15-9-20-13-4-2-3-5-14(13)21-15/h2-8,15H,9H2,1H3,(H,18,19)/t15-/m0/s1. The van der Waals surface area contributed by atoms with E-state index in [1.165, 1.54) is 0 Å². The van der Waals surface area contributed by atoms with Gasteiger partial charge in [0.2, 0.25) is 6.10 Å². The molecule has 0 saturated carbocycles. The van der Waals surface area contributed by atoms with Crippen LogP contribution in [0.3, 0.4) is 0 Å². The molecule has 0 bridgehead atoms. The van der Waals surface area contributed by atoms with Gasteiger partial charge >= 0.3 is 0 Å². The van der Waals surface area contributed by atoms with Crippen molar-refractivity contribution in [3.63, 3.8) is 0 Å². The Morgan fingerprint density at radius 3 is 2.76 bits per heavy atom. The first-order chi connectivity index (χ1) is 10.1. The fourth-order valence-electron chi connectivity index (χ4n) is 2.08. The molecular formula is C16H14ClNO3. The Morgan fingerprint density at radius 1 is 1.24 bits per heavy atom. The van der Waals surface area contributed by atoms with Crippen molar-refractivity contribution < 1.29 is 14.3 Å². The Morgan fingerprint density at radius 2 is 2.00 bits per heavy atom. The van der Waals surface area contributed by atoms with E-state index in [4.69, 9.17) is 21.1 Å². The van der Waals surface area contributed by atoms with Crippen molar-refractivity contribution in [2.45, 2.75) is 13.0 Å². The summed E-state index contributed by atoms with van der Waals surface area (Å²) < 4.78 is 11.2. The molecule has 1 amide bonds. The molecule has 0 radical (unpaired) electrons. The summed E-state index contributed by atoms with van der Waals surface area (Å²) in [4.78, 5) is 12.2. The quantitative estimate of drug-likeness (QED) is 0.924. The van der Waals surface area contributed by atoms with Crippen LogP contribution in [0.2, 0.25) is 5.02 Å². The minimum atomic E-state index is -0.697. The molecule has 0 unspecified atom stereocenters. The van der Waals surface area contributed by atoms with E-state index in [1.54, 1.807) is 24.3 Å². The lowest BCUT2D eigenvalue weighted by molar-refractivity contribution is -0.125. The van der Waals surface area contributed by atoms with E-state index in [0.717, 1.165) is 5.56 Å². The molecule has 108 valence electrons. The molecule has 1 heterocycles. The van der Waals surface area contributed by atoms with Gasteiger partial charge < -0.3 is 14.8 Å². The van der Waals surface area contributed by atoms with E-state index >= 15 is 0 Å². The summed E-state index contributed by atoms with van der Waals surface area (Å²) in [7, 11) is 0. The molecule has 21 heavy (non-hydrogen) atoms. The van der Waals surface area contributed by atoms with Crippen molar-refractivity contribution in [1.29, 1.82) is 0 Å². The zero-order chi connectivity index (χ0) is 14.8. The summed E-state index contributed by atoms with van der Waals surface area (Å²) in [5, 5.41) is 3.26. The topological polar surface area (TPSA) is 47.6 Å². The highest BCUT2D eigenvalue weighted by Gasteiger charge is 2.27. The number of ether oxygens (including phenoxy) is 2. The van der Waals surface area contributed by atoms with Gasteiger partial charge in [0.15, 0.2) is 11.5 Å². The summed E-state index contributed by atoms with van der Waals surface area (Å²) in [6.07, 6.45) is -0.697. The van der Waals surface area contributed by atoms with Gasteiger partial charge in [0.25, 0.3) is 5.91 Å². The second kappa shape index (κ2) is 5.66. The number of hydrogen-bond acceptors (Lipinski definition) is 3. The van der Waals surface area contributed by atoms with E-state index in [0.29, 0.717) is 22.2 Å². The van der Waals surface area contributed by atoms with Gasteiger partial charge in [-0.25, -0.2) is 0 Å².